The Morgan fingerprint density at radius 2 is 1.83 bits per heavy atom. The number of hydrogen-bond acceptors (Lipinski definition) is 5. The van der Waals surface area contributed by atoms with E-state index in [0.717, 1.165) is 30.0 Å². The zero-order valence-electron chi connectivity index (χ0n) is 15.4. The summed E-state index contributed by atoms with van der Waals surface area (Å²) in [5.74, 6) is 0.614. The summed E-state index contributed by atoms with van der Waals surface area (Å²) in [6.07, 6.45) is -2.81. The summed E-state index contributed by atoms with van der Waals surface area (Å²) in [6, 6.07) is 7.68. The van der Waals surface area contributed by atoms with Gasteiger partial charge in [-0.25, -0.2) is 0 Å². The Morgan fingerprint density at radius 1 is 1.14 bits per heavy atom. The molecular formula is C19H17ClF3NO4S. The molecule has 1 amide bonds. The molecule has 0 aromatic heterocycles. The molecule has 5 nitrogen and oxygen atoms in total. The molecule has 2 aromatic carbocycles. The third kappa shape index (κ3) is 6.59. The Hall–Kier alpha value is -2.36. The van der Waals surface area contributed by atoms with Crippen molar-refractivity contribution in [3.05, 3.63) is 57.5 Å². The molecule has 29 heavy (non-hydrogen) atoms. The molecule has 2 aromatic rings. The molecule has 0 radical (unpaired) electrons. The predicted octanol–water partition coefficient (Wildman–Crippen LogP) is 5.96. The second kappa shape index (κ2) is 9.91. The van der Waals surface area contributed by atoms with E-state index in [-0.39, 0.29) is 23.1 Å². The minimum Gasteiger partial charge on any atom is -0.493 e. The molecule has 0 fully saturated rings. The summed E-state index contributed by atoms with van der Waals surface area (Å²) >= 11 is 6.77. The monoisotopic (exact) mass is 447 g/mol. The molecule has 0 aliphatic carbocycles. The smallest absolute Gasteiger partial charge is 0.416 e. The van der Waals surface area contributed by atoms with E-state index in [1.165, 1.54) is 14.2 Å². The molecule has 0 saturated carbocycles. The van der Waals surface area contributed by atoms with Crippen molar-refractivity contribution in [2.45, 2.75) is 6.18 Å². The number of amides is 1. The number of ether oxygens (including phenoxy) is 3. The van der Waals surface area contributed by atoms with E-state index >= 15 is 0 Å². The number of nitrogens with two attached hydrogens (primary N) is 1. The van der Waals surface area contributed by atoms with Crippen molar-refractivity contribution >= 4 is 34.7 Å². The topological polar surface area (TPSA) is 70.8 Å². The Kier molecular flexibility index (Phi) is 7.83. The van der Waals surface area contributed by atoms with Gasteiger partial charge >= 0.3 is 6.18 Å². The number of hydrogen-bond donors (Lipinski definition) is 1. The lowest BCUT2D eigenvalue weighted by atomic mass is 10.2. The SMILES string of the molecule is COC/C(=C/c1ccc(Oc2ccc(C(F)(F)F)cc2Cl)c(OC)c1)SC(N)=O. The molecular weight excluding hydrogens is 431 g/mol. The Balaban J connectivity index is 2.30. The van der Waals surface area contributed by atoms with Crippen LogP contribution in [-0.4, -0.2) is 26.1 Å². The van der Waals surface area contributed by atoms with E-state index in [0.29, 0.717) is 16.2 Å². The van der Waals surface area contributed by atoms with Crippen LogP contribution in [-0.2, 0) is 10.9 Å². The van der Waals surface area contributed by atoms with Gasteiger partial charge < -0.3 is 19.9 Å². The molecule has 10 heteroatoms. The molecule has 0 aliphatic rings. The van der Waals surface area contributed by atoms with Gasteiger partial charge in [-0.1, -0.05) is 17.7 Å². The second-order valence-electron chi connectivity index (χ2n) is 5.62. The maximum absolute atomic E-state index is 12.8. The van der Waals surface area contributed by atoms with Gasteiger partial charge in [-0.15, -0.1) is 0 Å². The summed E-state index contributed by atoms with van der Waals surface area (Å²) in [4.78, 5) is 11.7. The van der Waals surface area contributed by atoms with Gasteiger partial charge in [-0.05, 0) is 53.7 Å². The van der Waals surface area contributed by atoms with Gasteiger partial charge in [0.2, 0.25) is 0 Å². The summed E-state index contributed by atoms with van der Waals surface area (Å²) in [6.45, 7) is 0.190. The minimum atomic E-state index is -4.50. The quantitative estimate of drug-likeness (QED) is 0.567. The third-order valence-electron chi connectivity index (χ3n) is 3.51. The summed E-state index contributed by atoms with van der Waals surface area (Å²) in [5.41, 5.74) is 4.99. The van der Waals surface area contributed by atoms with Crippen LogP contribution in [0.5, 0.6) is 17.2 Å². The molecule has 0 spiro atoms. The van der Waals surface area contributed by atoms with Gasteiger partial charge in [-0.3, -0.25) is 4.79 Å². The number of halogens is 4. The molecule has 0 aliphatic heterocycles. The van der Waals surface area contributed by atoms with E-state index in [2.05, 4.69) is 0 Å². The number of benzene rings is 2. The fourth-order valence-electron chi connectivity index (χ4n) is 2.29. The molecule has 2 rings (SSSR count). The lowest BCUT2D eigenvalue weighted by Crippen LogP contribution is -2.04. The van der Waals surface area contributed by atoms with Gasteiger partial charge in [-0.2, -0.15) is 13.2 Å². The van der Waals surface area contributed by atoms with Gasteiger partial charge in [0.15, 0.2) is 11.5 Å². The average Bonchev–Trinajstić information content (AvgIpc) is 2.63. The zero-order chi connectivity index (χ0) is 21.6. The molecule has 0 bridgehead atoms. The van der Waals surface area contributed by atoms with E-state index in [1.54, 1.807) is 24.3 Å². The van der Waals surface area contributed by atoms with E-state index in [9.17, 15) is 18.0 Å². The van der Waals surface area contributed by atoms with Crippen molar-refractivity contribution in [3.63, 3.8) is 0 Å². The summed E-state index contributed by atoms with van der Waals surface area (Å²) < 4.78 is 54.2. The first kappa shape index (κ1) is 22.9. The van der Waals surface area contributed by atoms with Crippen LogP contribution in [0.3, 0.4) is 0 Å². The maximum atomic E-state index is 12.8. The van der Waals surface area contributed by atoms with Crippen molar-refractivity contribution in [2.75, 3.05) is 20.8 Å². The van der Waals surface area contributed by atoms with Gasteiger partial charge in [0.05, 0.1) is 24.3 Å². The first-order chi connectivity index (χ1) is 13.6. The Bertz CT molecular complexity index is 919. The highest BCUT2D eigenvalue weighted by molar-refractivity contribution is 8.16. The van der Waals surface area contributed by atoms with Crippen LogP contribution < -0.4 is 15.2 Å². The molecule has 2 N–H and O–H groups in total. The van der Waals surface area contributed by atoms with E-state index < -0.39 is 17.0 Å². The highest BCUT2D eigenvalue weighted by atomic mass is 35.5. The van der Waals surface area contributed by atoms with Crippen molar-refractivity contribution in [3.8, 4) is 17.2 Å². The van der Waals surface area contributed by atoms with Crippen LogP contribution in [0, 0.1) is 0 Å². The summed E-state index contributed by atoms with van der Waals surface area (Å²) in [7, 11) is 2.90. The molecule has 0 heterocycles. The number of thioether (sulfide) groups is 1. The van der Waals surface area contributed by atoms with Crippen molar-refractivity contribution in [2.24, 2.45) is 5.73 Å². The first-order valence-electron chi connectivity index (χ1n) is 8.03. The van der Waals surface area contributed by atoms with Crippen molar-refractivity contribution in [1.29, 1.82) is 0 Å². The van der Waals surface area contributed by atoms with Crippen LogP contribution in [0.25, 0.3) is 6.08 Å². The fraction of sp³-hybridized carbons (Fsp3) is 0.211. The maximum Gasteiger partial charge on any atom is 0.416 e. The largest absolute Gasteiger partial charge is 0.493 e. The average molecular weight is 448 g/mol. The number of methoxy groups -OCH3 is 2. The van der Waals surface area contributed by atoms with Crippen molar-refractivity contribution < 1.29 is 32.2 Å². The van der Waals surface area contributed by atoms with Crippen LogP contribution >= 0.6 is 23.4 Å². The predicted molar refractivity (Wildman–Crippen MR) is 107 cm³/mol. The van der Waals surface area contributed by atoms with Gasteiger partial charge in [0.25, 0.3) is 5.24 Å². The third-order valence-corrected chi connectivity index (χ3v) is 4.51. The number of alkyl halides is 3. The van der Waals surface area contributed by atoms with Crippen LogP contribution in [0.2, 0.25) is 5.02 Å². The lowest BCUT2D eigenvalue weighted by molar-refractivity contribution is -0.137. The fourth-order valence-corrected chi connectivity index (χ4v) is 3.14. The molecule has 156 valence electrons. The highest BCUT2D eigenvalue weighted by Crippen LogP contribution is 2.39. The molecule has 0 atom stereocenters. The lowest BCUT2D eigenvalue weighted by Gasteiger charge is -2.14. The summed E-state index contributed by atoms with van der Waals surface area (Å²) in [5, 5.41) is -0.761. The highest BCUT2D eigenvalue weighted by Gasteiger charge is 2.31. The van der Waals surface area contributed by atoms with Crippen molar-refractivity contribution in [1.82, 2.24) is 0 Å². The van der Waals surface area contributed by atoms with E-state index in [1.807, 2.05) is 0 Å². The second-order valence-corrected chi connectivity index (χ2v) is 7.16. The number of carbonyl (C=O) groups is 1. The molecule has 0 saturated heterocycles. The van der Waals surface area contributed by atoms with Gasteiger partial charge in [0, 0.05) is 12.0 Å². The van der Waals surface area contributed by atoms with Crippen LogP contribution in [0.1, 0.15) is 11.1 Å². The zero-order valence-corrected chi connectivity index (χ0v) is 17.0. The van der Waals surface area contributed by atoms with Crippen LogP contribution in [0.4, 0.5) is 18.0 Å². The Labute approximate surface area is 174 Å². The van der Waals surface area contributed by atoms with E-state index in [4.69, 9.17) is 31.5 Å². The standard InChI is InChI=1S/C19H17ClF3NO4S/c1-26-10-13(29-18(24)25)7-11-3-5-16(17(8-11)27-2)28-15-6-4-12(9-14(15)20)19(21,22)23/h3-9H,10H2,1-2H3,(H2,24,25)/b13-7-. The number of carbonyl (C=O) groups excluding carboxylic acids is 1. The van der Waals surface area contributed by atoms with Crippen LogP contribution in [0.15, 0.2) is 41.3 Å². The molecule has 0 unspecified atom stereocenters. The number of rotatable bonds is 7. The minimum absolute atomic E-state index is 0.0469. The van der Waals surface area contributed by atoms with Gasteiger partial charge in [0.1, 0.15) is 5.75 Å². The Morgan fingerprint density at radius 3 is 2.38 bits per heavy atom. The number of primary amides is 1. The first-order valence-corrected chi connectivity index (χ1v) is 9.23. The normalized spacial score (nSPS) is 12.0.